The number of amides is 1. The van der Waals surface area contributed by atoms with E-state index < -0.39 is 0 Å². The van der Waals surface area contributed by atoms with Crippen LogP contribution < -0.4 is 5.01 Å². The molecule has 2 heterocycles. The molecule has 0 saturated carbocycles. The molecule has 0 bridgehead atoms. The molecule has 0 aliphatic carbocycles. The number of carbonyl (C=O) groups is 1. The average molecular weight is 347 g/mol. The van der Waals surface area contributed by atoms with E-state index in [4.69, 9.17) is 4.74 Å². The van der Waals surface area contributed by atoms with Crippen LogP contribution in [0.1, 0.15) is 12.5 Å². The number of rotatable bonds is 3. The molecule has 0 atom stereocenters. The van der Waals surface area contributed by atoms with Gasteiger partial charge in [0.05, 0.1) is 35.9 Å². The largest absolute Gasteiger partial charge is 0.378 e. The molecule has 5 nitrogen and oxygen atoms in total. The summed E-state index contributed by atoms with van der Waals surface area (Å²) in [4.78, 5) is 15.5. The summed E-state index contributed by atoms with van der Waals surface area (Å²) in [5.74, 6) is -0.0842. The second-order valence-corrected chi connectivity index (χ2v) is 6.33. The van der Waals surface area contributed by atoms with Crippen LogP contribution in [-0.4, -0.2) is 42.8 Å². The number of hydrazone groups is 1. The first-order valence-corrected chi connectivity index (χ1v) is 8.83. The summed E-state index contributed by atoms with van der Waals surface area (Å²) in [5, 5.41) is 6.04. The molecule has 1 amide bonds. The van der Waals surface area contributed by atoms with Gasteiger partial charge in [0.15, 0.2) is 0 Å². The van der Waals surface area contributed by atoms with Gasteiger partial charge in [-0.1, -0.05) is 48.5 Å². The van der Waals surface area contributed by atoms with Crippen molar-refractivity contribution in [3.05, 3.63) is 71.8 Å². The van der Waals surface area contributed by atoms with Gasteiger partial charge in [0, 0.05) is 13.1 Å². The zero-order valence-corrected chi connectivity index (χ0v) is 14.8. The summed E-state index contributed by atoms with van der Waals surface area (Å²) < 4.78 is 5.50. The first-order chi connectivity index (χ1) is 12.8. The molecule has 132 valence electrons. The third-order valence-electron chi connectivity index (χ3n) is 4.63. The van der Waals surface area contributed by atoms with Gasteiger partial charge in [0.25, 0.3) is 5.91 Å². The molecule has 0 unspecified atom stereocenters. The minimum atomic E-state index is -0.0842. The number of carbonyl (C=O) groups excluding carboxylic acids is 1. The highest BCUT2D eigenvalue weighted by Crippen LogP contribution is 2.31. The van der Waals surface area contributed by atoms with Crippen molar-refractivity contribution in [3.63, 3.8) is 0 Å². The molecule has 5 heteroatoms. The monoisotopic (exact) mass is 347 g/mol. The van der Waals surface area contributed by atoms with E-state index in [1.54, 1.807) is 0 Å². The molecule has 0 N–H and O–H groups in total. The predicted molar refractivity (Wildman–Crippen MR) is 103 cm³/mol. The molecule has 26 heavy (non-hydrogen) atoms. The van der Waals surface area contributed by atoms with E-state index in [0.29, 0.717) is 18.8 Å². The van der Waals surface area contributed by atoms with Gasteiger partial charge in [-0.25, -0.2) is 0 Å². The predicted octanol–water partition coefficient (Wildman–Crippen LogP) is 3.15. The number of para-hydroxylation sites is 1. The van der Waals surface area contributed by atoms with Crippen molar-refractivity contribution in [2.75, 3.05) is 31.3 Å². The topological polar surface area (TPSA) is 45.1 Å². The number of benzene rings is 2. The van der Waals surface area contributed by atoms with Crippen LogP contribution >= 0.6 is 0 Å². The molecule has 2 aromatic carbocycles. The lowest BCUT2D eigenvalue weighted by molar-refractivity contribution is -0.114. The summed E-state index contributed by atoms with van der Waals surface area (Å²) in [7, 11) is 0. The Morgan fingerprint density at radius 1 is 0.962 bits per heavy atom. The molecule has 0 aromatic heterocycles. The van der Waals surface area contributed by atoms with Crippen molar-refractivity contribution >= 4 is 23.0 Å². The van der Waals surface area contributed by atoms with Crippen LogP contribution in [0.2, 0.25) is 0 Å². The molecular weight excluding hydrogens is 326 g/mol. The van der Waals surface area contributed by atoms with Crippen molar-refractivity contribution < 1.29 is 9.53 Å². The maximum Gasteiger partial charge on any atom is 0.282 e. The normalized spacial score (nSPS) is 19.6. The van der Waals surface area contributed by atoms with Crippen molar-refractivity contribution in [1.29, 1.82) is 0 Å². The van der Waals surface area contributed by atoms with E-state index in [1.165, 1.54) is 5.01 Å². The maximum atomic E-state index is 13.3. The maximum absolute atomic E-state index is 13.3. The van der Waals surface area contributed by atoms with Crippen molar-refractivity contribution in [1.82, 2.24) is 4.90 Å². The molecule has 4 rings (SSSR count). The Hall–Kier alpha value is -2.92. The number of nitrogens with zero attached hydrogens (tertiary/aromatic N) is 3. The van der Waals surface area contributed by atoms with Crippen LogP contribution in [0.3, 0.4) is 0 Å². The Bertz CT molecular complexity index is 853. The molecule has 2 aliphatic heterocycles. The fourth-order valence-electron chi connectivity index (χ4n) is 3.39. The van der Waals surface area contributed by atoms with E-state index in [0.717, 1.165) is 35.7 Å². The van der Waals surface area contributed by atoms with E-state index >= 15 is 0 Å². The SMILES string of the molecule is CC1=NN(c2ccccc2)C(=O)/C1=C(/c1ccccc1)N1CCOCC1. The standard InChI is InChI=1S/C21H21N3O2/c1-16-19(21(25)24(22-16)18-10-6-3-7-11-18)20(17-8-4-2-5-9-17)23-12-14-26-15-13-23/h2-11H,12-15H2,1H3/b20-19-. The van der Waals surface area contributed by atoms with Crippen LogP contribution in [-0.2, 0) is 9.53 Å². The van der Waals surface area contributed by atoms with Gasteiger partial charge < -0.3 is 9.64 Å². The summed E-state index contributed by atoms with van der Waals surface area (Å²) in [6.45, 7) is 4.76. The Labute approximate surface area is 153 Å². The van der Waals surface area contributed by atoms with Crippen LogP contribution in [0.15, 0.2) is 71.3 Å². The molecular formula is C21H21N3O2. The number of anilines is 1. The number of ether oxygens (including phenoxy) is 1. The molecule has 1 saturated heterocycles. The van der Waals surface area contributed by atoms with Gasteiger partial charge in [-0.3, -0.25) is 4.79 Å². The second kappa shape index (κ2) is 7.14. The number of hydrogen-bond donors (Lipinski definition) is 0. The quantitative estimate of drug-likeness (QED) is 0.801. The highest BCUT2D eigenvalue weighted by molar-refractivity contribution is 6.33. The third-order valence-corrected chi connectivity index (χ3v) is 4.63. The summed E-state index contributed by atoms with van der Waals surface area (Å²) >= 11 is 0. The van der Waals surface area contributed by atoms with Crippen molar-refractivity contribution in [3.8, 4) is 0 Å². The van der Waals surface area contributed by atoms with Crippen LogP contribution in [0.4, 0.5) is 5.69 Å². The number of hydrogen-bond acceptors (Lipinski definition) is 4. The van der Waals surface area contributed by atoms with Gasteiger partial charge in [0.1, 0.15) is 0 Å². The summed E-state index contributed by atoms with van der Waals surface area (Å²) in [6, 6.07) is 19.6. The molecule has 2 aromatic rings. The van der Waals surface area contributed by atoms with Crippen LogP contribution in [0, 0.1) is 0 Å². The lowest BCUT2D eigenvalue weighted by atomic mass is 10.0. The molecule has 1 fully saturated rings. The Morgan fingerprint density at radius 3 is 2.23 bits per heavy atom. The fourth-order valence-corrected chi connectivity index (χ4v) is 3.39. The number of morpholine rings is 1. The smallest absolute Gasteiger partial charge is 0.282 e. The van der Waals surface area contributed by atoms with Crippen molar-refractivity contribution in [2.45, 2.75) is 6.92 Å². The first kappa shape index (κ1) is 16.5. The van der Waals surface area contributed by atoms with Gasteiger partial charge in [-0.15, -0.1) is 0 Å². The first-order valence-electron chi connectivity index (χ1n) is 8.83. The van der Waals surface area contributed by atoms with E-state index in [9.17, 15) is 4.79 Å². The van der Waals surface area contributed by atoms with Crippen LogP contribution in [0.25, 0.3) is 5.70 Å². The minimum Gasteiger partial charge on any atom is -0.378 e. The summed E-state index contributed by atoms with van der Waals surface area (Å²) in [5.41, 5.74) is 4.16. The van der Waals surface area contributed by atoms with E-state index in [1.807, 2.05) is 67.6 Å². The third kappa shape index (κ3) is 3.02. The second-order valence-electron chi connectivity index (χ2n) is 6.33. The Balaban J connectivity index is 1.82. The lowest BCUT2D eigenvalue weighted by Crippen LogP contribution is -2.37. The Morgan fingerprint density at radius 2 is 1.58 bits per heavy atom. The Kier molecular flexibility index (Phi) is 4.54. The summed E-state index contributed by atoms with van der Waals surface area (Å²) in [6.07, 6.45) is 0. The minimum absolute atomic E-state index is 0.0842. The lowest BCUT2D eigenvalue weighted by Gasteiger charge is -2.32. The van der Waals surface area contributed by atoms with E-state index in [-0.39, 0.29) is 5.91 Å². The van der Waals surface area contributed by atoms with Crippen LogP contribution in [0.5, 0.6) is 0 Å². The molecule has 0 radical (unpaired) electrons. The van der Waals surface area contributed by atoms with Crippen molar-refractivity contribution in [2.24, 2.45) is 5.10 Å². The highest BCUT2D eigenvalue weighted by atomic mass is 16.5. The van der Waals surface area contributed by atoms with Gasteiger partial charge >= 0.3 is 0 Å². The molecule has 0 spiro atoms. The van der Waals surface area contributed by atoms with Gasteiger partial charge in [-0.2, -0.15) is 10.1 Å². The van der Waals surface area contributed by atoms with Gasteiger partial charge in [0.2, 0.25) is 0 Å². The zero-order chi connectivity index (χ0) is 17.9. The van der Waals surface area contributed by atoms with E-state index in [2.05, 4.69) is 10.0 Å². The fraction of sp³-hybridized carbons (Fsp3) is 0.238. The highest BCUT2D eigenvalue weighted by Gasteiger charge is 2.34. The van der Waals surface area contributed by atoms with Gasteiger partial charge in [-0.05, 0) is 24.6 Å². The molecule has 2 aliphatic rings. The average Bonchev–Trinajstić information content (AvgIpc) is 2.99. The zero-order valence-electron chi connectivity index (χ0n) is 14.8.